The molecule has 0 aliphatic heterocycles. The minimum absolute atomic E-state index is 0.546. The van der Waals surface area contributed by atoms with Gasteiger partial charge in [-0.05, 0) is 30.0 Å². The van der Waals surface area contributed by atoms with Gasteiger partial charge in [-0.15, -0.1) is 0 Å². The van der Waals surface area contributed by atoms with Gasteiger partial charge in [-0.1, -0.05) is 32.9 Å². The lowest BCUT2D eigenvalue weighted by molar-refractivity contribution is 0.867. The molecule has 106 valence electrons. The molecule has 0 aliphatic rings. The van der Waals surface area contributed by atoms with E-state index in [0.29, 0.717) is 5.92 Å². The Labute approximate surface area is 120 Å². The third-order valence-corrected chi connectivity index (χ3v) is 3.38. The predicted octanol–water partition coefficient (Wildman–Crippen LogP) is 3.95. The lowest BCUT2D eigenvalue weighted by Crippen LogP contribution is -2.04. The van der Waals surface area contributed by atoms with E-state index in [2.05, 4.69) is 65.6 Å². The number of hydrogen-bond acceptors (Lipinski definition) is 4. The van der Waals surface area contributed by atoms with Gasteiger partial charge in [0.1, 0.15) is 18.0 Å². The molecule has 0 saturated carbocycles. The van der Waals surface area contributed by atoms with Crippen molar-refractivity contribution in [2.45, 2.75) is 33.1 Å². The Morgan fingerprint density at radius 3 is 2.25 bits per heavy atom. The van der Waals surface area contributed by atoms with E-state index < -0.39 is 0 Å². The minimum atomic E-state index is 0.546. The normalized spacial score (nSPS) is 10.7. The second-order valence-electron chi connectivity index (χ2n) is 5.05. The molecule has 2 N–H and O–H groups in total. The molecule has 4 nitrogen and oxygen atoms in total. The van der Waals surface area contributed by atoms with Gasteiger partial charge in [-0.3, -0.25) is 0 Å². The molecule has 0 spiro atoms. The Balaban J connectivity index is 2.25. The molecule has 1 heterocycles. The SMILES string of the molecule is CCc1c(NC)ncnc1Nc1ccc(C(C)C)cc1. The fourth-order valence-electron chi connectivity index (χ4n) is 2.16. The zero-order valence-electron chi connectivity index (χ0n) is 12.6. The number of nitrogens with one attached hydrogen (secondary N) is 2. The highest BCUT2D eigenvalue weighted by Gasteiger charge is 2.09. The first-order valence-corrected chi connectivity index (χ1v) is 7.04. The summed E-state index contributed by atoms with van der Waals surface area (Å²) in [4.78, 5) is 8.59. The van der Waals surface area contributed by atoms with Crippen LogP contribution < -0.4 is 10.6 Å². The highest BCUT2D eigenvalue weighted by molar-refractivity contribution is 5.64. The maximum absolute atomic E-state index is 4.35. The van der Waals surface area contributed by atoms with Crippen LogP contribution >= 0.6 is 0 Å². The van der Waals surface area contributed by atoms with Crippen molar-refractivity contribution >= 4 is 17.3 Å². The lowest BCUT2D eigenvalue weighted by atomic mass is 10.0. The molecule has 0 amide bonds. The molecule has 2 aromatic rings. The maximum Gasteiger partial charge on any atom is 0.139 e. The van der Waals surface area contributed by atoms with Gasteiger partial charge in [0.2, 0.25) is 0 Å². The monoisotopic (exact) mass is 270 g/mol. The van der Waals surface area contributed by atoms with Crippen LogP contribution in [0.1, 0.15) is 37.8 Å². The van der Waals surface area contributed by atoms with Gasteiger partial charge in [0.05, 0.1) is 0 Å². The average Bonchev–Trinajstić information content (AvgIpc) is 2.47. The van der Waals surface area contributed by atoms with Crippen molar-refractivity contribution in [3.05, 3.63) is 41.7 Å². The lowest BCUT2D eigenvalue weighted by Gasteiger charge is -2.13. The van der Waals surface area contributed by atoms with E-state index in [1.54, 1.807) is 6.33 Å². The van der Waals surface area contributed by atoms with Crippen molar-refractivity contribution in [3.63, 3.8) is 0 Å². The molecule has 4 heteroatoms. The summed E-state index contributed by atoms with van der Waals surface area (Å²) < 4.78 is 0. The fourth-order valence-corrected chi connectivity index (χ4v) is 2.16. The number of aromatic nitrogens is 2. The number of anilines is 3. The topological polar surface area (TPSA) is 49.8 Å². The van der Waals surface area contributed by atoms with Gasteiger partial charge in [-0.25, -0.2) is 9.97 Å². The summed E-state index contributed by atoms with van der Waals surface area (Å²) in [6.45, 7) is 6.50. The van der Waals surface area contributed by atoms with Crippen molar-refractivity contribution in [3.8, 4) is 0 Å². The highest BCUT2D eigenvalue weighted by Crippen LogP contribution is 2.24. The van der Waals surface area contributed by atoms with Crippen molar-refractivity contribution < 1.29 is 0 Å². The van der Waals surface area contributed by atoms with Crippen LogP contribution in [-0.4, -0.2) is 17.0 Å². The van der Waals surface area contributed by atoms with Crippen molar-refractivity contribution in [2.75, 3.05) is 17.7 Å². The highest BCUT2D eigenvalue weighted by atomic mass is 15.1. The number of benzene rings is 1. The number of hydrogen-bond donors (Lipinski definition) is 2. The Bertz CT molecular complexity index is 561. The molecule has 1 aromatic heterocycles. The Hall–Kier alpha value is -2.10. The van der Waals surface area contributed by atoms with Crippen LogP contribution in [0.5, 0.6) is 0 Å². The van der Waals surface area contributed by atoms with Crippen LogP contribution in [0, 0.1) is 0 Å². The Morgan fingerprint density at radius 2 is 1.70 bits per heavy atom. The first kappa shape index (κ1) is 14.3. The van der Waals surface area contributed by atoms with Crippen LogP contribution in [0.3, 0.4) is 0 Å². The molecule has 1 aromatic carbocycles. The quantitative estimate of drug-likeness (QED) is 0.863. The molecule has 0 atom stereocenters. The Kier molecular flexibility index (Phi) is 4.56. The standard InChI is InChI=1S/C16H22N4/c1-5-14-15(17-4)18-10-19-16(14)20-13-8-6-12(7-9-13)11(2)3/h6-11H,5H2,1-4H3,(H2,17,18,19,20). The summed E-state index contributed by atoms with van der Waals surface area (Å²) in [5, 5.41) is 6.48. The van der Waals surface area contributed by atoms with Gasteiger partial charge in [0.25, 0.3) is 0 Å². The molecule has 0 saturated heterocycles. The summed E-state index contributed by atoms with van der Waals surface area (Å²) in [5.74, 6) is 2.29. The average molecular weight is 270 g/mol. The fraction of sp³-hybridized carbons (Fsp3) is 0.375. The molecule has 0 radical (unpaired) electrons. The summed E-state index contributed by atoms with van der Waals surface area (Å²) in [7, 11) is 1.88. The van der Waals surface area contributed by atoms with E-state index in [4.69, 9.17) is 0 Å². The van der Waals surface area contributed by atoms with Gasteiger partial charge in [0.15, 0.2) is 0 Å². The summed E-state index contributed by atoms with van der Waals surface area (Å²) in [6, 6.07) is 8.49. The molecular weight excluding hydrogens is 248 g/mol. The summed E-state index contributed by atoms with van der Waals surface area (Å²) in [5.41, 5.74) is 3.48. The molecule has 2 rings (SSSR count). The maximum atomic E-state index is 4.35. The van der Waals surface area contributed by atoms with Crippen LogP contribution in [-0.2, 0) is 6.42 Å². The third kappa shape index (κ3) is 3.07. The first-order chi connectivity index (χ1) is 9.65. The summed E-state index contributed by atoms with van der Waals surface area (Å²) >= 11 is 0. The summed E-state index contributed by atoms with van der Waals surface area (Å²) in [6.07, 6.45) is 2.46. The van der Waals surface area contributed by atoms with Gasteiger partial charge in [-0.2, -0.15) is 0 Å². The van der Waals surface area contributed by atoms with Crippen LogP contribution in [0.25, 0.3) is 0 Å². The minimum Gasteiger partial charge on any atom is -0.373 e. The van der Waals surface area contributed by atoms with E-state index in [1.807, 2.05) is 7.05 Å². The van der Waals surface area contributed by atoms with E-state index in [0.717, 1.165) is 29.3 Å². The molecular formula is C16H22N4. The van der Waals surface area contributed by atoms with Gasteiger partial charge < -0.3 is 10.6 Å². The van der Waals surface area contributed by atoms with Crippen LogP contribution in [0.2, 0.25) is 0 Å². The predicted molar refractivity (Wildman–Crippen MR) is 84.8 cm³/mol. The molecule has 20 heavy (non-hydrogen) atoms. The Morgan fingerprint density at radius 1 is 1.05 bits per heavy atom. The van der Waals surface area contributed by atoms with E-state index in [1.165, 1.54) is 5.56 Å². The number of rotatable bonds is 5. The van der Waals surface area contributed by atoms with Gasteiger partial charge >= 0.3 is 0 Å². The second kappa shape index (κ2) is 6.37. The van der Waals surface area contributed by atoms with Gasteiger partial charge in [0, 0.05) is 18.3 Å². The van der Waals surface area contributed by atoms with Crippen molar-refractivity contribution in [1.82, 2.24) is 9.97 Å². The van der Waals surface area contributed by atoms with E-state index in [9.17, 15) is 0 Å². The third-order valence-electron chi connectivity index (χ3n) is 3.38. The molecule has 0 fully saturated rings. The molecule has 0 bridgehead atoms. The largest absolute Gasteiger partial charge is 0.373 e. The first-order valence-electron chi connectivity index (χ1n) is 7.04. The van der Waals surface area contributed by atoms with Crippen LogP contribution in [0.15, 0.2) is 30.6 Å². The smallest absolute Gasteiger partial charge is 0.139 e. The number of nitrogens with zero attached hydrogens (tertiary/aromatic N) is 2. The van der Waals surface area contributed by atoms with E-state index in [-0.39, 0.29) is 0 Å². The molecule has 0 aliphatic carbocycles. The van der Waals surface area contributed by atoms with Crippen LogP contribution in [0.4, 0.5) is 17.3 Å². The van der Waals surface area contributed by atoms with Crippen molar-refractivity contribution in [2.24, 2.45) is 0 Å². The zero-order valence-corrected chi connectivity index (χ0v) is 12.6. The van der Waals surface area contributed by atoms with Crippen molar-refractivity contribution in [1.29, 1.82) is 0 Å². The second-order valence-corrected chi connectivity index (χ2v) is 5.05. The zero-order chi connectivity index (χ0) is 14.5. The van der Waals surface area contributed by atoms with E-state index >= 15 is 0 Å². The molecule has 0 unspecified atom stereocenters.